The van der Waals surface area contributed by atoms with Gasteiger partial charge in [-0.25, -0.2) is 4.39 Å². The normalized spacial score (nSPS) is 10.5. The Morgan fingerprint density at radius 3 is 2.63 bits per heavy atom. The van der Waals surface area contributed by atoms with Crippen molar-refractivity contribution in [1.82, 2.24) is 15.5 Å². The molecule has 156 valence electrons. The molecule has 3 aromatic rings. The van der Waals surface area contributed by atoms with Crippen LogP contribution in [-0.2, 0) is 17.1 Å². The van der Waals surface area contributed by atoms with E-state index in [1.54, 1.807) is 49.6 Å². The van der Waals surface area contributed by atoms with Gasteiger partial charge in [0.2, 0.25) is 10.9 Å². The predicted molar refractivity (Wildman–Crippen MR) is 115 cm³/mol. The summed E-state index contributed by atoms with van der Waals surface area (Å²) >= 11 is 2.51. The molecule has 3 rings (SSSR count). The van der Waals surface area contributed by atoms with Crippen LogP contribution in [0, 0.1) is 5.82 Å². The fourth-order valence-corrected chi connectivity index (χ4v) is 4.02. The van der Waals surface area contributed by atoms with Gasteiger partial charge in [0, 0.05) is 23.5 Å². The molecule has 2 amide bonds. The van der Waals surface area contributed by atoms with E-state index in [4.69, 9.17) is 4.74 Å². The van der Waals surface area contributed by atoms with Gasteiger partial charge < -0.3 is 15.4 Å². The lowest BCUT2D eigenvalue weighted by molar-refractivity contribution is -0.118. The molecule has 0 spiro atoms. The highest BCUT2D eigenvalue weighted by Crippen LogP contribution is 2.19. The van der Waals surface area contributed by atoms with Gasteiger partial charge in [-0.3, -0.25) is 9.59 Å². The lowest BCUT2D eigenvalue weighted by Crippen LogP contribution is -2.25. The molecule has 2 N–H and O–H groups in total. The van der Waals surface area contributed by atoms with Crippen LogP contribution in [0.15, 0.2) is 48.5 Å². The summed E-state index contributed by atoms with van der Waals surface area (Å²) in [6.07, 6.45) is 0. The van der Waals surface area contributed by atoms with Crippen LogP contribution in [0.3, 0.4) is 0 Å². The number of carbonyl (C=O) groups excluding carboxylic acids is 2. The first-order valence-corrected chi connectivity index (χ1v) is 10.9. The fourth-order valence-electron chi connectivity index (χ4n) is 2.38. The van der Waals surface area contributed by atoms with Crippen LogP contribution < -0.4 is 15.4 Å². The number of ether oxygens (including phenoxy) is 1. The molecule has 0 aliphatic rings. The zero-order valence-corrected chi connectivity index (χ0v) is 17.7. The summed E-state index contributed by atoms with van der Waals surface area (Å²) in [5.41, 5.74) is 1.06. The molecular formula is C20H19FN4O3S2. The third-order valence-corrected chi connectivity index (χ3v) is 5.95. The SMILES string of the molecule is COc1ccc(NC(=O)c2nnc(CSCC(=O)NCc3ccccc3F)s2)cc1. The van der Waals surface area contributed by atoms with E-state index in [-0.39, 0.29) is 34.9 Å². The van der Waals surface area contributed by atoms with E-state index in [9.17, 15) is 14.0 Å². The van der Waals surface area contributed by atoms with E-state index >= 15 is 0 Å². The van der Waals surface area contributed by atoms with E-state index < -0.39 is 0 Å². The van der Waals surface area contributed by atoms with Crippen molar-refractivity contribution in [1.29, 1.82) is 0 Å². The molecule has 1 heterocycles. The van der Waals surface area contributed by atoms with Crippen molar-refractivity contribution < 1.29 is 18.7 Å². The maximum Gasteiger partial charge on any atom is 0.286 e. The number of amides is 2. The van der Waals surface area contributed by atoms with Crippen LogP contribution >= 0.6 is 23.1 Å². The van der Waals surface area contributed by atoms with Crippen molar-refractivity contribution in [2.24, 2.45) is 0 Å². The first kappa shape index (κ1) is 21.7. The summed E-state index contributed by atoms with van der Waals surface area (Å²) < 4.78 is 18.6. The Morgan fingerprint density at radius 2 is 1.90 bits per heavy atom. The van der Waals surface area contributed by atoms with Gasteiger partial charge in [-0.1, -0.05) is 29.5 Å². The first-order chi connectivity index (χ1) is 14.5. The van der Waals surface area contributed by atoms with Crippen molar-refractivity contribution in [3.05, 3.63) is 69.9 Å². The zero-order chi connectivity index (χ0) is 21.3. The number of benzene rings is 2. The standard InChI is InChI=1S/C20H19FN4O3S2/c1-28-15-8-6-14(7-9-15)23-19(27)20-25-24-18(30-20)12-29-11-17(26)22-10-13-4-2-3-5-16(13)21/h2-9H,10-12H2,1H3,(H,22,26)(H,23,27). The number of carbonyl (C=O) groups is 2. The van der Waals surface area contributed by atoms with Gasteiger partial charge in [-0.15, -0.1) is 22.0 Å². The van der Waals surface area contributed by atoms with E-state index in [2.05, 4.69) is 20.8 Å². The zero-order valence-electron chi connectivity index (χ0n) is 16.1. The van der Waals surface area contributed by atoms with Crippen molar-refractivity contribution in [3.63, 3.8) is 0 Å². The summed E-state index contributed by atoms with van der Waals surface area (Å²) in [4.78, 5) is 24.2. The largest absolute Gasteiger partial charge is 0.497 e. The Hall–Kier alpha value is -2.98. The van der Waals surface area contributed by atoms with Crippen LogP contribution in [0.1, 0.15) is 20.4 Å². The van der Waals surface area contributed by atoms with Crippen LogP contribution in [-0.4, -0.2) is 34.9 Å². The van der Waals surface area contributed by atoms with Gasteiger partial charge in [0.15, 0.2) is 0 Å². The van der Waals surface area contributed by atoms with Gasteiger partial charge in [-0.05, 0) is 30.3 Å². The summed E-state index contributed by atoms with van der Waals surface area (Å²) in [6.45, 7) is 0.139. The van der Waals surface area contributed by atoms with Crippen LogP contribution in [0.25, 0.3) is 0 Å². The average Bonchev–Trinajstić information content (AvgIpc) is 3.23. The van der Waals surface area contributed by atoms with E-state index in [1.807, 2.05) is 0 Å². The van der Waals surface area contributed by atoms with Crippen molar-refractivity contribution in [2.45, 2.75) is 12.3 Å². The van der Waals surface area contributed by atoms with E-state index in [0.717, 1.165) is 0 Å². The lowest BCUT2D eigenvalue weighted by atomic mass is 10.2. The number of hydrogen-bond acceptors (Lipinski definition) is 7. The molecule has 0 unspecified atom stereocenters. The minimum absolute atomic E-state index is 0.139. The monoisotopic (exact) mass is 446 g/mol. The topological polar surface area (TPSA) is 93.2 Å². The van der Waals surface area contributed by atoms with Crippen molar-refractivity contribution in [2.75, 3.05) is 18.2 Å². The Bertz CT molecular complexity index is 1010. The lowest BCUT2D eigenvalue weighted by Gasteiger charge is -2.05. The predicted octanol–water partition coefficient (Wildman–Crippen LogP) is 3.49. The summed E-state index contributed by atoms with van der Waals surface area (Å²) in [5.74, 6) is 0.435. The Labute approximate surface area is 181 Å². The second kappa shape index (κ2) is 10.7. The highest BCUT2D eigenvalue weighted by molar-refractivity contribution is 7.99. The molecule has 1 aromatic heterocycles. The van der Waals surface area contributed by atoms with Crippen LogP contribution in [0.4, 0.5) is 10.1 Å². The molecule has 0 bridgehead atoms. The van der Waals surface area contributed by atoms with Gasteiger partial charge >= 0.3 is 0 Å². The molecule has 10 heteroatoms. The molecule has 0 radical (unpaired) electrons. The van der Waals surface area contributed by atoms with Gasteiger partial charge in [0.25, 0.3) is 5.91 Å². The van der Waals surface area contributed by atoms with Crippen LogP contribution in [0.5, 0.6) is 5.75 Å². The minimum atomic E-state index is -0.350. The number of nitrogens with zero attached hydrogens (tertiary/aromatic N) is 2. The highest BCUT2D eigenvalue weighted by Gasteiger charge is 2.14. The number of methoxy groups -OCH3 is 1. The Kier molecular flexibility index (Phi) is 7.75. The van der Waals surface area contributed by atoms with Gasteiger partial charge in [0.1, 0.15) is 16.6 Å². The summed E-state index contributed by atoms with van der Waals surface area (Å²) in [5, 5.41) is 14.2. The molecule has 0 saturated heterocycles. The molecule has 7 nitrogen and oxygen atoms in total. The second-order valence-corrected chi connectivity index (χ2v) is 8.09. The second-order valence-electron chi connectivity index (χ2n) is 6.04. The minimum Gasteiger partial charge on any atom is -0.497 e. The molecule has 0 aliphatic carbocycles. The molecule has 0 fully saturated rings. The maximum atomic E-state index is 13.5. The Morgan fingerprint density at radius 1 is 1.13 bits per heavy atom. The Balaban J connectivity index is 1.42. The van der Waals surface area contributed by atoms with Gasteiger partial charge in [0.05, 0.1) is 12.9 Å². The van der Waals surface area contributed by atoms with Crippen LogP contribution in [0.2, 0.25) is 0 Å². The third-order valence-electron chi connectivity index (χ3n) is 3.90. The fraction of sp³-hybridized carbons (Fsp3) is 0.200. The smallest absolute Gasteiger partial charge is 0.286 e. The van der Waals surface area contributed by atoms with Crippen molar-refractivity contribution in [3.8, 4) is 5.75 Å². The number of rotatable bonds is 9. The van der Waals surface area contributed by atoms with E-state index in [0.29, 0.717) is 27.8 Å². The highest BCUT2D eigenvalue weighted by atomic mass is 32.2. The molecule has 30 heavy (non-hydrogen) atoms. The number of anilines is 1. The summed E-state index contributed by atoms with van der Waals surface area (Å²) in [6, 6.07) is 13.3. The number of halogens is 1. The summed E-state index contributed by atoms with van der Waals surface area (Å²) in [7, 11) is 1.57. The molecule has 0 saturated carbocycles. The number of thioether (sulfide) groups is 1. The van der Waals surface area contributed by atoms with E-state index in [1.165, 1.54) is 29.2 Å². The molecule has 0 atom stereocenters. The molecule has 2 aromatic carbocycles. The number of aromatic nitrogens is 2. The third kappa shape index (κ3) is 6.26. The quantitative estimate of drug-likeness (QED) is 0.523. The number of nitrogens with one attached hydrogen (secondary N) is 2. The van der Waals surface area contributed by atoms with Gasteiger partial charge in [-0.2, -0.15) is 0 Å². The number of hydrogen-bond donors (Lipinski definition) is 2. The first-order valence-electron chi connectivity index (χ1n) is 8.91. The maximum absolute atomic E-state index is 13.5. The molecule has 0 aliphatic heterocycles. The van der Waals surface area contributed by atoms with Crippen molar-refractivity contribution >= 4 is 40.6 Å². The molecular weight excluding hydrogens is 427 g/mol. The average molecular weight is 447 g/mol.